The summed E-state index contributed by atoms with van der Waals surface area (Å²) in [7, 11) is 0. The Labute approximate surface area is 151 Å². The summed E-state index contributed by atoms with van der Waals surface area (Å²) < 4.78 is 5.19. The van der Waals surface area contributed by atoms with Crippen molar-refractivity contribution in [1.29, 1.82) is 0 Å². The highest BCUT2D eigenvalue weighted by molar-refractivity contribution is 5.90. The van der Waals surface area contributed by atoms with Gasteiger partial charge in [-0.3, -0.25) is 9.78 Å². The molecule has 0 aliphatic carbocycles. The lowest BCUT2D eigenvalue weighted by Crippen LogP contribution is -2.17. The number of carbonyl (C=O) groups excluding carboxylic acids is 1. The molecule has 0 spiro atoms. The largest absolute Gasteiger partial charge is 0.339 e. The van der Waals surface area contributed by atoms with Crippen molar-refractivity contribution >= 4 is 11.6 Å². The van der Waals surface area contributed by atoms with E-state index in [0.717, 1.165) is 11.4 Å². The van der Waals surface area contributed by atoms with Crippen LogP contribution in [0.2, 0.25) is 0 Å². The average molecular weight is 352 g/mol. The average Bonchev–Trinajstić information content (AvgIpc) is 3.09. The molecule has 1 N–H and O–H groups in total. The van der Waals surface area contributed by atoms with Crippen molar-refractivity contribution in [3.8, 4) is 11.4 Å². The molecule has 0 atom stereocenters. The highest BCUT2D eigenvalue weighted by Crippen LogP contribution is 2.18. The molecule has 0 saturated carbocycles. The number of nitrogens with zero attached hydrogens (tertiary/aromatic N) is 5. The van der Waals surface area contributed by atoms with Crippen LogP contribution in [0.5, 0.6) is 0 Å². The van der Waals surface area contributed by atoms with Crippen molar-refractivity contribution in [1.82, 2.24) is 25.1 Å². The fraction of sp³-hybridized carbons (Fsp3) is 0.333. The van der Waals surface area contributed by atoms with Crippen LogP contribution < -0.4 is 5.32 Å². The predicted octanol–water partition coefficient (Wildman–Crippen LogP) is 2.79. The molecule has 0 fully saturated rings. The Balaban J connectivity index is 1.54. The third kappa shape index (κ3) is 4.47. The Morgan fingerprint density at radius 2 is 1.85 bits per heavy atom. The molecule has 3 rings (SSSR count). The lowest BCUT2D eigenvalue weighted by atomic mass is 9.96. The first-order chi connectivity index (χ1) is 12.4. The lowest BCUT2D eigenvalue weighted by molar-refractivity contribution is -0.116. The number of hydrogen-bond donors (Lipinski definition) is 1. The van der Waals surface area contributed by atoms with Crippen molar-refractivity contribution in [2.45, 2.75) is 39.0 Å². The van der Waals surface area contributed by atoms with Gasteiger partial charge >= 0.3 is 0 Å². The molecule has 0 unspecified atom stereocenters. The SMILES string of the molecule is CC(C)(C)c1ncc(NC(=O)CCc2nc(-c3ccncc3)no2)cn1. The minimum Gasteiger partial charge on any atom is -0.339 e. The van der Waals surface area contributed by atoms with E-state index in [1.54, 1.807) is 36.9 Å². The van der Waals surface area contributed by atoms with Gasteiger partial charge in [0.25, 0.3) is 0 Å². The van der Waals surface area contributed by atoms with E-state index < -0.39 is 0 Å². The van der Waals surface area contributed by atoms with Crippen molar-refractivity contribution in [3.63, 3.8) is 0 Å². The Kier molecular flexibility index (Phi) is 5.01. The number of aryl methyl sites for hydroxylation is 1. The van der Waals surface area contributed by atoms with Gasteiger partial charge < -0.3 is 9.84 Å². The summed E-state index contributed by atoms with van der Waals surface area (Å²) in [6.45, 7) is 6.10. The van der Waals surface area contributed by atoms with E-state index in [9.17, 15) is 4.79 Å². The minimum absolute atomic E-state index is 0.132. The molecular formula is C18H20N6O2. The zero-order valence-electron chi connectivity index (χ0n) is 14.9. The van der Waals surface area contributed by atoms with Gasteiger partial charge in [-0.05, 0) is 12.1 Å². The molecule has 0 radical (unpaired) electrons. The molecule has 8 nitrogen and oxygen atoms in total. The summed E-state index contributed by atoms with van der Waals surface area (Å²) in [5.41, 5.74) is 1.24. The normalized spacial score (nSPS) is 11.3. The summed E-state index contributed by atoms with van der Waals surface area (Å²) in [4.78, 5) is 28.9. The van der Waals surface area contributed by atoms with Crippen LogP contribution in [-0.2, 0) is 16.6 Å². The Morgan fingerprint density at radius 3 is 2.50 bits per heavy atom. The zero-order chi connectivity index (χ0) is 18.6. The second kappa shape index (κ2) is 7.38. The van der Waals surface area contributed by atoms with Gasteiger partial charge in [0.1, 0.15) is 5.82 Å². The second-order valence-corrected chi connectivity index (χ2v) is 6.84. The number of anilines is 1. The molecular weight excluding hydrogens is 332 g/mol. The van der Waals surface area contributed by atoms with E-state index in [4.69, 9.17) is 4.52 Å². The summed E-state index contributed by atoms with van der Waals surface area (Å²) in [6, 6.07) is 3.59. The van der Waals surface area contributed by atoms with Crippen LogP contribution in [0.4, 0.5) is 5.69 Å². The van der Waals surface area contributed by atoms with Crippen molar-refractivity contribution in [2.24, 2.45) is 0 Å². The highest BCUT2D eigenvalue weighted by Gasteiger charge is 2.17. The molecule has 0 saturated heterocycles. The van der Waals surface area contributed by atoms with Gasteiger partial charge in [-0.25, -0.2) is 9.97 Å². The van der Waals surface area contributed by atoms with E-state index in [0.29, 0.717) is 23.8 Å². The zero-order valence-corrected chi connectivity index (χ0v) is 14.9. The van der Waals surface area contributed by atoms with Crippen LogP contribution in [0.1, 0.15) is 38.9 Å². The van der Waals surface area contributed by atoms with Gasteiger partial charge in [0.2, 0.25) is 17.6 Å². The number of amides is 1. The van der Waals surface area contributed by atoms with E-state index in [1.807, 2.05) is 20.8 Å². The highest BCUT2D eigenvalue weighted by atomic mass is 16.5. The summed E-state index contributed by atoms with van der Waals surface area (Å²) >= 11 is 0. The van der Waals surface area contributed by atoms with Gasteiger partial charge in [0.05, 0.1) is 18.1 Å². The van der Waals surface area contributed by atoms with Crippen molar-refractivity contribution in [3.05, 3.63) is 48.6 Å². The molecule has 3 aromatic rings. The molecule has 0 bridgehead atoms. The topological polar surface area (TPSA) is 107 Å². The van der Waals surface area contributed by atoms with Gasteiger partial charge in [0.15, 0.2) is 0 Å². The molecule has 134 valence electrons. The molecule has 0 aromatic carbocycles. The second-order valence-electron chi connectivity index (χ2n) is 6.84. The third-order valence-electron chi connectivity index (χ3n) is 3.58. The molecule has 26 heavy (non-hydrogen) atoms. The maximum absolute atomic E-state index is 12.1. The van der Waals surface area contributed by atoms with E-state index in [1.165, 1.54) is 0 Å². The molecule has 0 aliphatic heterocycles. The number of nitrogens with one attached hydrogen (secondary N) is 1. The summed E-state index contributed by atoms with van der Waals surface area (Å²) in [6.07, 6.45) is 7.11. The maximum atomic E-state index is 12.1. The van der Waals surface area contributed by atoms with E-state index >= 15 is 0 Å². The number of pyridine rings is 1. The molecule has 1 amide bonds. The Morgan fingerprint density at radius 1 is 1.15 bits per heavy atom. The number of hydrogen-bond acceptors (Lipinski definition) is 7. The fourth-order valence-corrected chi connectivity index (χ4v) is 2.20. The fourth-order valence-electron chi connectivity index (χ4n) is 2.20. The van der Waals surface area contributed by atoms with E-state index in [-0.39, 0.29) is 17.7 Å². The first kappa shape index (κ1) is 17.7. The van der Waals surface area contributed by atoms with Gasteiger partial charge in [-0.2, -0.15) is 4.98 Å². The Bertz CT molecular complexity index is 869. The van der Waals surface area contributed by atoms with Crippen LogP contribution >= 0.6 is 0 Å². The van der Waals surface area contributed by atoms with Crippen LogP contribution in [0.3, 0.4) is 0 Å². The summed E-state index contributed by atoms with van der Waals surface area (Å²) in [5, 5.41) is 6.68. The Hall–Kier alpha value is -3.16. The number of aromatic nitrogens is 5. The minimum atomic E-state index is -0.166. The molecule has 3 aromatic heterocycles. The van der Waals surface area contributed by atoms with Crippen molar-refractivity contribution < 1.29 is 9.32 Å². The maximum Gasteiger partial charge on any atom is 0.227 e. The third-order valence-corrected chi connectivity index (χ3v) is 3.58. The first-order valence-corrected chi connectivity index (χ1v) is 8.27. The first-order valence-electron chi connectivity index (χ1n) is 8.27. The monoisotopic (exact) mass is 352 g/mol. The number of carbonyl (C=O) groups is 1. The van der Waals surface area contributed by atoms with Crippen LogP contribution in [0.25, 0.3) is 11.4 Å². The van der Waals surface area contributed by atoms with Crippen molar-refractivity contribution in [2.75, 3.05) is 5.32 Å². The van der Waals surface area contributed by atoms with Gasteiger partial charge in [0, 0.05) is 36.2 Å². The van der Waals surface area contributed by atoms with Crippen LogP contribution in [-0.4, -0.2) is 31.0 Å². The standard InChI is InChI=1S/C18H20N6O2/c1-18(2,3)17-20-10-13(11-21-17)22-14(25)4-5-15-23-16(24-26-15)12-6-8-19-9-7-12/h6-11H,4-5H2,1-3H3,(H,22,25). The van der Waals surface area contributed by atoms with Gasteiger partial charge in [-0.1, -0.05) is 25.9 Å². The van der Waals surface area contributed by atoms with Crippen LogP contribution in [0, 0.1) is 0 Å². The predicted molar refractivity (Wildman–Crippen MR) is 95.2 cm³/mol. The molecule has 0 aliphatic rings. The van der Waals surface area contributed by atoms with E-state index in [2.05, 4.69) is 30.4 Å². The summed E-state index contributed by atoms with van der Waals surface area (Å²) in [5.74, 6) is 1.45. The van der Waals surface area contributed by atoms with Crippen LogP contribution in [0.15, 0.2) is 41.4 Å². The molecule has 3 heterocycles. The number of rotatable bonds is 5. The quantitative estimate of drug-likeness (QED) is 0.752. The molecule has 8 heteroatoms. The smallest absolute Gasteiger partial charge is 0.227 e. The van der Waals surface area contributed by atoms with Gasteiger partial charge in [-0.15, -0.1) is 0 Å². The lowest BCUT2D eigenvalue weighted by Gasteiger charge is -2.16.